The van der Waals surface area contributed by atoms with Gasteiger partial charge in [0.05, 0.1) is 5.39 Å². The Balaban J connectivity index is 1.42. The van der Waals surface area contributed by atoms with E-state index in [-0.39, 0.29) is 12.1 Å². The number of piperidine rings is 1. The molecule has 0 unspecified atom stereocenters. The fourth-order valence-electron chi connectivity index (χ4n) is 4.02. The van der Waals surface area contributed by atoms with E-state index in [1.54, 1.807) is 6.33 Å². The number of H-pyrrole nitrogens is 1. The van der Waals surface area contributed by atoms with Gasteiger partial charge in [-0.2, -0.15) is 0 Å². The van der Waals surface area contributed by atoms with Gasteiger partial charge in [0.2, 0.25) is 0 Å². The number of hydrogen-bond acceptors (Lipinski definition) is 6. The minimum absolute atomic E-state index is 0.128. The number of carbonyl (C=O) groups is 1. The predicted octanol–water partition coefficient (Wildman–Crippen LogP) is 4.17. The first-order valence-electron chi connectivity index (χ1n) is 11.2. The molecule has 0 spiro atoms. The third kappa shape index (κ3) is 5.82. The van der Waals surface area contributed by atoms with Crippen LogP contribution in [0, 0.1) is 12.3 Å². The van der Waals surface area contributed by atoms with E-state index in [9.17, 15) is 4.79 Å². The molecule has 1 aliphatic rings. The van der Waals surface area contributed by atoms with Gasteiger partial charge < -0.3 is 20.4 Å². The number of ether oxygens (including phenoxy) is 1. The molecule has 3 aromatic rings. The number of likely N-dealkylation sites (tertiary alicyclic amines) is 1. The topological polar surface area (TPSA) is 95.2 Å². The number of terminal acetylenes is 1. The van der Waals surface area contributed by atoms with Crippen molar-refractivity contribution in [3.63, 3.8) is 0 Å². The van der Waals surface area contributed by atoms with Crippen LogP contribution < -0.4 is 10.6 Å². The van der Waals surface area contributed by atoms with Crippen molar-refractivity contribution in [2.45, 2.75) is 51.8 Å². The molecule has 33 heavy (non-hydrogen) atoms. The monoisotopic (exact) mass is 446 g/mol. The maximum atomic E-state index is 12.1. The number of alkyl carbamates (subject to hydrolysis) is 1. The van der Waals surface area contributed by atoms with Gasteiger partial charge in [-0.3, -0.25) is 4.90 Å². The van der Waals surface area contributed by atoms with Crippen LogP contribution in [-0.4, -0.2) is 50.7 Å². The maximum Gasteiger partial charge on any atom is 0.407 e. The summed E-state index contributed by atoms with van der Waals surface area (Å²) < 4.78 is 5.38. The number of rotatable bonds is 5. The molecule has 0 atom stereocenters. The second-order valence-corrected chi connectivity index (χ2v) is 9.31. The summed E-state index contributed by atoms with van der Waals surface area (Å²) in [6, 6.07) is 7.82. The zero-order valence-electron chi connectivity index (χ0n) is 19.3. The van der Waals surface area contributed by atoms with Crippen LogP contribution in [0.2, 0.25) is 0 Å². The SMILES string of the molecule is C#Cc1cccc(Nc2ncnc3[nH]cc(CN4CCC(NC(=O)OC(C)(C)C)CC4)c23)c1. The highest BCUT2D eigenvalue weighted by atomic mass is 16.6. The first kappa shape index (κ1) is 22.6. The summed E-state index contributed by atoms with van der Waals surface area (Å²) in [6.07, 6.45) is 10.5. The standard InChI is InChI=1S/C25H30N6O2/c1-5-17-7-6-8-20(13-17)29-23-21-18(14-26-22(21)27-16-28-23)15-31-11-9-19(10-12-31)30-24(32)33-25(2,3)4/h1,6-8,13-14,16,19H,9-12,15H2,2-4H3,(H,30,32)(H2,26,27,28,29). The Kier molecular flexibility index (Phi) is 6.52. The average molecular weight is 447 g/mol. The Bertz CT molecular complexity index is 1170. The Hall–Kier alpha value is -3.57. The number of fused-ring (bicyclic) bond motifs is 1. The number of carbonyl (C=O) groups excluding carboxylic acids is 1. The Labute approximate surface area is 194 Å². The van der Waals surface area contributed by atoms with Crippen molar-refractivity contribution in [2.75, 3.05) is 18.4 Å². The summed E-state index contributed by atoms with van der Waals surface area (Å²) >= 11 is 0. The van der Waals surface area contributed by atoms with Gasteiger partial charge in [0.15, 0.2) is 0 Å². The second kappa shape index (κ2) is 9.51. The number of aromatic amines is 1. The van der Waals surface area contributed by atoms with Crippen LogP contribution in [0.5, 0.6) is 0 Å². The number of benzene rings is 1. The van der Waals surface area contributed by atoms with E-state index >= 15 is 0 Å². The molecular formula is C25H30N6O2. The minimum Gasteiger partial charge on any atom is -0.444 e. The maximum absolute atomic E-state index is 12.1. The highest BCUT2D eigenvalue weighted by molar-refractivity contribution is 5.92. The van der Waals surface area contributed by atoms with E-state index in [1.807, 2.05) is 51.2 Å². The van der Waals surface area contributed by atoms with E-state index in [0.29, 0.717) is 0 Å². The second-order valence-electron chi connectivity index (χ2n) is 9.31. The van der Waals surface area contributed by atoms with Crippen LogP contribution >= 0.6 is 0 Å². The molecule has 2 aromatic heterocycles. The molecule has 0 aliphatic carbocycles. The van der Waals surface area contributed by atoms with E-state index in [0.717, 1.165) is 66.1 Å². The lowest BCUT2D eigenvalue weighted by Gasteiger charge is -2.32. The highest BCUT2D eigenvalue weighted by Gasteiger charge is 2.24. The molecule has 1 aromatic carbocycles. The molecule has 0 radical (unpaired) electrons. The van der Waals surface area contributed by atoms with Crippen LogP contribution in [-0.2, 0) is 11.3 Å². The minimum atomic E-state index is -0.490. The van der Waals surface area contributed by atoms with Gasteiger partial charge in [0, 0.05) is 43.1 Å². The molecule has 8 nitrogen and oxygen atoms in total. The average Bonchev–Trinajstić information content (AvgIpc) is 3.18. The Morgan fingerprint density at radius 2 is 2.09 bits per heavy atom. The fourth-order valence-corrected chi connectivity index (χ4v) is 4.02. The summed E-state index contributed by atoms with van der Waals surface area (Å²) in [5.74, 6) is 3.40. The fraction of sp³-hybridized carbons (Fsp3) is 0.400. The summed E-state index contributed by atoms with van der Waals surface area (Å²) in [4.78, 5) is 26.6. The van der Waals surface area contributed by atoms with Gasteiger partial charge >= 0.3 is 6.09 Å². The van der Waals surface area contributed by atoms with Crippen molar-refractivity contribution in [1.29, 1.82) is 0 Å². The molecular weight excluding hydrogens is 416 g/mol. The first-order chi connectivity index (χ1) is 15.8. The number of anilines is 2. The summed E-state index contributed by atoms with van der Waals surface area (Å²) in [6.45, 7) is 8.15. The Morgan fingerprint density at radius 1 is 1.30 bits per heavy atom. The Morgan fingerprint density at radius 3 is 2.82 bits per heavy atom. The molecule has 1 fully saturated rings. The molecule has 3 N–H and O–H groups in total. The van der Waals surface area contributed by atoms with Crippen molar-refractivity contribution in [2.24, 2.45) is 0 Å². The third-order valence-corrected chi connectivity index (χ3v) is 5.55. The molecule has 4 rings (SSSR count). The van der Waals surface area contributed by atoms with Crippen molar-refractivity contribution in [1.82, 2.24) is 25.2 Å². The first-order valence-corrected chi connectivity index (χ1v) is 11.2. The zero-order valence-corrected chi connectivity index (χ0v) is 19.3. The molecule has 1 aliphatic heterocycles. The van der Waals surface area contributed by atoms with Gasteiger partial charge in [0.1, 0.15) is 23.4 Å². The molecule has 1 amide bonds. The summed E-state index contributed by atoms with van der Waals surface area (Å²) in [5.41, 5.74) is 3.11. The lowest BCUT2D eigenvalue weighted by atomic mass is 10.0. The van der Waals surface area contributed by atoms with E-state index in [1.165, 1.54) is 0 Å². The van der Waals surface area contributed by atoms with Crippen LogP contribution in [0.25, 0.3) is 11.0 Å². The third-order valence-electron chi connectivity index (χ3n) is 5.55. The molecule has 172 valence electrons. The van der Waals surface area contributed by atoms with Gasteiger partial charge in [-0.1, -0.05) is 12.0 Å². The van der Waals surface area contributed by atoms with E-state index < -0.39 is 5.60 Å². The largest absolute Gasteiger partial charge is 0.444 e. The van der Waals surface area contributed by atoms with Gasteiger partial charge in [-0.15, -0.1) is 6.42 Å². The lowest BCUT2D eigenvalue weighted by Crippen LogP contribution is -2.45. The van der Waals surface area contributed by atoms with E-state index in [2.05, 4.69) is 36.4 Å². The smallest absolute Gasteiger partial charge is 0.407 e. The van der Waals surface area contributed by atoms with E-state index in [4.69, 9.17) is 11.2 Å². The van der Waals surface area contributed by atoms with Crippen LogP contribution in [0.3, 0.4) is 0 Å². The summed E-state index contributed by atoms with van der Waals surface area (Å²) in [7, 11) is 0. The van der Waals surface area contributed by atoms with Crippen LogP contribution in [0.1, 0.15) is 44.7 Å². The molecule has 8 heteroatoms. The van der Waals surface area contributed by atoms with Crippen molar-refractivity contribution < 1.29 is 9.53 Å². The van der Waals surface area contributed by atoms with Crippen molar-refractivity contribution >= 4 is 28.6 Å². The van der Waals surface area contributed by atoms with Gasteiger partial charge in [0.25, 0.3) is 0 Å². The van der Waals surface area contributed by atoms with Crippen molar-refractivity contribution in [3.8, 4) is 12.3 Å². The number of hydrogen-bond donors (Lipinski definition) is 3. The number of aromatic nitrogens is 3. The normalized spacial score (nSPS) is 15.2. The molecule has 3 heterocycles. The molecule has 0 bridgehead atoms. The van der Waals surface area contributed by atoms with Crippen molar-refractivity contribution in [3.05, 3.63) is 47.9 Å². The molecule has 0 saturated carbocycles. The van der Waals surface area contributed by atoms with Crippen LogP contribution in [0.15, 0.2) is 36.8 Å². The molecule has 1 saturated heterocycles. The van der Waals surface area contributed by atoms with Gasteiger partial charge in [-0.05, 0) is 57.4 Å². The quantitative estimate of drug-likeness (QED) is 0.509. The van der Waals surface area contributed by atoms with Gasteiger partial charge in [-0.25, -0.2) is 14.8 Å². The zero-order chi connectivity index (χ0) is 23.4. The number of nitrogens with zero attached hydrogens (tertiary/aromatic N) is 3. The predicted molar refractivity (Wildman–Crippen MR) is 129 cm³/mol. The number of amides is 1. The summed E-state index contributed by atoms with van der Waals surface area (Å²) in [5, 5.41) is 7.35. The van der Waals surface area contributed by atoms with Crippen LogP contribution in [0.4, 0.5) is 16.3 Å². The number of nitrogens with one attached hydrogen (secondary N) is 3. The lowest BCUT2D eigenvalue weighted by molar-refractivity contribution is 0.0477. The highest BCUT2D eigenvalue weighted by Crippen LogP contribution is 2.28.